The monoisotopic (exact) mass is 435 g/mol. The van der Waals surface area contributed by atoms with Crippen LogP contribution in [0, 0.1) is 0 Å². The van der Waals surface area contributed by atoms with Crippen molar-refractivity contribution in [2.45, 2.75) is 6.04 Å². The van der Waals surface area contributed by atoms with E-state index in [4.69, 9.17) is 0 Å². The summed E-state index contributed by atoms with van der Waals surface area (Å²) in [4.78, 5) is 24.0. The molecule has 0 spiro atoms. The van der Waals surface area contributed by atoms with Crippen LogP contribution in [-0.4, -0.2) is 16.8 Å². The minimum absolute atomic E-state index is 0.0691. The number of benzene rings is 2. The molecule has 1 heterocycles. The number of hydrogen-bond acceptors (Lipinski definition) is 3. The van der Waals surface area contributed by atoms with Crippen molar-refractivity contribution in [3.63, 3.8) is 0 Å². The van der Waals surface area contributed by atoms with Crippen LogP contribution in [0.2, 0.25) is 0 Å². The van der Waals surface area contributed by atoms with Gasteiger partial charge in [0.1, 0.15) is 5.76 Å². The Bertz CT molecular complexity index is 811. The number of hydrogen-bond donors (Lipinski definition) is 2. The predicted molar refractivity (Wildman–Crippen MR) is 93.7 cm³/mol. The van der Waals surface area contributed by atoms with Crippen molar-refractivity contribution in [2.75, 3.05) is 0 Å². The zero-order valence-corrected chi connectivity index (χ0v) is 14.9. The summed E-state index contributed by atoms with van der Waals surface area (Å²) < 4.78 is 1.75. The third-order valence-electron chi connectivity index (χ3n) is 3.59. The van der Waals surface area contributed by atoms with E-state index < -0.39 is 17.7 Å². The summed E-state index contributed by atoms with van der Waals surface area (Å²) in [5.74, 6) is -1.61. The first-order valence-electron chi connectivity index (χ1n) is 6.77. The van der Waals surface area contributed by atoms with E-state index in [0.717, 1.165) is 14.5 Å². The van der Waals surface area contributed by atoms with E-state index in [1.54, 1.807) is 36.4 Å². The van der Waals surface area contributed by atoms with Gasteiger partial charge in [-0.05, 0) is 29.8 Å². The SMILES string of the molecule is O=C1N[C@H](c2ccc(Br)cc2)/C(=C(\O)c2ccc(Br)cc2)C1=O. The van der Waals surface area contributed by atoms with Gasteiger partial charge in [-0.3, -0.25) is 9.59 Å². The van der Waals surface area contributed by atoms with Gasteiger partial charge in [-0.15, -0.1) is 0 Å². The van der Waals surface area contributed by atoms with E-state index in [2.05, 4.69) is 37.2 Å². The summed E-state index contributed by atoms with van der Waals surface area (Å²) in [7, 11) is 0. The molecule has 1 fully saturated rings. The molecular weight excluding hydrogens is 426 g/mol. The van der Waals surface area contributed by atoms with Gasteiger partial charge in [0.25, 0.3) is 11.7 Å². The van der Waals surface area contributed by atoms with Crippen LogP contribution in [0.3, 0.4) is 0 Å². The van der Waals surface area contributed by atoms with E-state index >= 15 is 0 Å². The Balaban J connectivity index is 2.10. The first kappa shape index (κ1) is 16.0. The van der Waals surface area contributed by atoms with Gasteiger partial charge in [-0.2, -0.15) is 0 Å². The molecule has 2 aromatic rings. The minimum atomic E-state index is -0.711. The first-order chi connectivity index (χ1) is 11.0. The number of carbonyl (C=O) groups is 2. The quantitative estimate of drug-likeness (QED) is 0.426. The number of Topliss-reactive ketones (excluding diaryl/α,β-unsaturated/α-hetero) is 1. The maximum Gasteiger partial charge on any atom is 0.293 e. The second kappa shape index (κ2) is 6.29. The lowest BCUT2D eigenvalue weighted by Gasteiger charge is -2.13. The van der Waals surface area contributed by atoms with Crippen molar-refractivity contribution in [1.29, 1.82) is 0 Å². The second-order valence-corrected chi connectivity index (χ2v) is 6.89. The van der Waals surface area contributed by atoms with Crippen molar-refractivity contribution < 1.29 is 14.7 Å². The normalized spacial score (nSPS) is 19.7. The number of ketones is 1. The molecule has 0 bridgehead atoms. The van der Waals surface area contributed by atoms with Crippen molar-refractivity contribution >= 4 is 49.3 Å². The molecule has 1 atom stereocenters. The van der Waals surface area contributed by atoms with Gasteiger partial charge >= 0.3 is 0 Å². The zero-order chi connectivity index (χ0) is 16.6. The number of rotatable bonds is 2. The highest BCUT2D eigenvalue weighted by Crippen LogP contribution is 2.33. The minimum Gasteiger partial charge on any atom is -0.507 e. The molecule has 1 amide bonds. The first-order valence-corrected chi connectivity index (χ1v) is 8.35. The molecular formula is C17H11Br2NO3. The summed E-state index contributed by atoms with van der Waals surface area (Å²) >= 11 is 6.66. The number of carbonyl (C=O) groups excluding carboxylic acids is 2. The Morgan fingerprint density at radius 3 is 2.00 bits per heavy atom. The third-order valence-corrected chi connectivity index (χ3v) is 4.65. The third kappa shape index (κ3) is 3.09. The average Bonchev–Trinajstić information content (AvgIpc) is 2.84. The van der Waals surface area contributed by atoms with E-state index in [1.165, 1.54) is 0 Å². The van der Waals surface area contributed by atoms with Gasteiger partial charge in [0.15, 0.2) is 0 Å². The Labute approximate surface area is 149 Å². The molecule has 1 aliphatic rings. The topological polar surface area (TPSA) is 66.4 Å². The fourth-order valence-electron chi connectivity index (χ4n) is 2.43. The Hall–Kier alpha value is -1.92. The van der Waals surface area contributed by atoms with Crippen LogP contribution in [0.25, 0.3) is 5.76 Å². The molecule has 3 rings (SSSR count). The van der Waals surface area contributed by atoms with Crippen LogP contribution in [0.5, 0.6) is 0 Å². The summed E-state index contributed by atoms with van der Waals surface area (Å²) in [6, 6.07) is 13.4. The molecule has 0 saturated carbocycles. The lowest BCUT2D eigenvalue weighted by Crippen LogP contribution is -2.21. The van der Waals surface area contributed by atoms with E-state index in [1.807, 2.05) is 12.1 Å². The van der Waals surface area contributed by atoms with E-state index in [0.29, 0.717) is 5.56 Å². The van der Waals surface area contributed by atoms with Gasteiger partial charge in [0, 0.05) is 14.5 Å². The van der Waals surface area contributed by atoms with Gasteiger partial charge in [-0.1, -0.05) is 56.1 Å². The zero-order valence-electron chi connectivity index (χ0n) is 11.7. The fourth-order valence-corrected chi connectivity index (χ4v) is 2.96. The van der Waals surface area contributed by atoms with Crippen LogP contribution in [-0.2, 0) is 9.59 Å². The summed E-state index contributed by atoms with van der Waals surface area (Å²) in [5.41, 5.74) is 1.28. The predicted octanol–water partition coefficient (Wildman–Crippen LogP) is 3.92. The highest BCUT2D eigenvalue weighted by atomic mass is 79.9. The maximum absolute atomic E-state index is 12.2. The van der Waals surface area contributed by atoms with Crippen LogP contribution < -0.4 is 5.32 Å². The summed E-state index contributed by atoms with van der Waals surface area (Å²) in [5, 5.41) is 13.1. The molecule has 0 aliphatic carbocycles. The smallest absolute Gasteiger partial charge is 0.293 e. The fraction of sp³-hybridized carbons (Fsp3) is 0.0588. The van der Waals surface area contributed by atoms with Crippen LogP contribution in [0.1, 0.15) is 17.2 Å². The number of halogens is 2. The van der Waals surface area contributed by atoms with Crippen molar-refractivity contribution in [2.24, 2.45) is 0 Å². The van der Waals surface area contributed by atoms with E-state index in [9.17, 15) is 14.7 Å². The van der Waals surface area contributed by atoms with Crippen LogP contribution >= 0.6 is 31.9 Å². The number of aliphatic hydroxyl groups excluding tert-OH is 1. The Morgan fingerprint density at radius 1 is 0.913 bits per heavy atom. The molecule has 1 saturated heterocycles. The molecule has 1 aliphatic heterocycles. The Kier molecular flexibility index (Phi) is 4.37. The molecule has 0 radical (unpaired) electrons. The Morgan fingerprint density at radius 2 is 1.43 bits per heavy atom. The summed E-state index contributed by atoms with van der Waals surface area (Å²) in [6.45, 7) is 0. The van der Waals surface area contributed by atoms with Gasteiger partial charge in [0.2, 0.25) is 0 Å². The molecule has 0 aromatic heterocycles. The molecule has 0 unspecified atom stereocenters. The highest BCUT2D eigenvalue weighted by Gasteiger charge is 2.39. The lowest BCUT2D eigenvalue weighted by atomic mass is 9.96. The molecule has 4 nitrogen and oxygen atoms in total. The molecule has 23 heavy (non-hydrogen) atoms. The number of amides is 1. The number of aliphatic hydroxyl groups is 1. The van der Waals surface area contributed by atoms with Gasteiger partial charge in [-0.25, -0.2) is 0 Å². The molecule has 116 valence electrons. The van der Waals surface area contributed by atoms with Gasteiger partial charge < -0.3 is 10.4 Å². The van der Waals surface area contributed by atoms with Crippen molar-refractivity contribution in [1.82, 2.24) is 5.32 Å². The van der Waals surface area contributed by atoms with Crippen LogP contribution in [0.15, 0.2) is 63.0 Å². The molecule has 2 aromatic carbocycles. The molecule has 6 heteroatoms. The van der Waals surface area contributed by atoms with Crippen molar-refractivity contribution in [3.8, 4) is 0 Å². The highest BCUT2D eigenvalue weighted by molar-refractivity contribution is 9.10. The maximum atomic E-state index is 12.2. The van der Waals surface area contributed by atoms with Crippen LogP contribution in [0.4, 0.5) is 0 Å². The van der Waals surface area contributed by atoms with E-state index in [-0.39, 0.29) is 11.3 Å². The van der Waals surface area contributed by atoms with Gasteiger partial charge in [0.05, 0.1) is 11.6 Å². The summed E-state index contributed by atoms with van der Waals surface area (Å²) in [6.07, 6.45) is 0. The second-order valence-electron chi connectivity index (χ2n) is 5.06. The lowest BCUT2D eigenvalue weighted by molar-refractivity contribution is -0.133. The number of nitrogens with one attached hydrogen (secondary N) is 1. The average molecular weight is 437 g/mol. The van der Waals surface area contributed by atoms with Crippen molar-refractivity contribution in [3.05, 3.63) is 74.2 Å². The largest absolute Gasteiger partial charge is 0.507 e. The molecule has 2 N–H and O–H groups in total. The standard InChI is InChI=1S/C17H11Br2NO3/c18-11-5-1-9(2-6-11)14-13(16(22)17(23)20-14)15(21)10-3-7-12(19)8-4-10/h1-8,14,21H,(H,20,23)/b15-13+/t14-/m1/s1.